The van der Waals surface area contributed by atoms with Gasteiger partial charge in [0.15, 0.2) is 11.6 Å². The van der Waals surface area contributed by atoms with Gasteiger partial charge in [0.1, 0.15) is 6.07 Å². The Morgan fingerprint density at radius 1 is 1.05 bits per heavy atom. The molecule has 2 N–H and O–H groups in total. The van der Waals surface area contributed by atoms with Crippen molar-refractivity contribution in [3.05, 3.63) is 59.7 Å². The number of urea groups is 1. The lowest BCUT2D eigenvalue weighted by Crippen LogP contribution is -2.20. The van der Waals surface area contributed by atoms with Gasteiger partial charge in [0.05, 0.1) is 11.3 Å². The molecule has 0 atom stereocenters. The predicted molar refractivity (Wildman–Crippen MR) is 70.2 cm³/mol. The van der Waals surface area contributed by atoms with Gasteiger partial charge >= 0.3 is 6.03 Å². The third-order valence-electron chi connectivity index (χ3n) is 2.47. The number of nitrogens with one attached hydrogen (secondary N) is 2. The smallest absolute Gasteiger partial charge is 0.308 e. The maximum atomic E-state index is 13.0. The van der Waals surface area contributed by atoms with E-state index in [0.717, 1.165) is 12.1 Å². The molecule has 0 fully saturated rings. The lowest BCUT2D eigenvalue weighted by atomic mass is 10.2. The highest BCUT2D eigenvalue weighted by molar-refractivity contribution is 6.00. The maximum absolute atomic E-state index is 13.0. The Balaban J connectivity index is 2.09. The van der Waals surface area contributed by atoms with Crippen molar-refractivity contribution in [1.29, 1.82) is 5.26 Å². The SMILES string of the molecule is N#Cc1ccccc1NC(=O)Nc1ccc(F)c(F)c1. The van der Waals surface area contributed by atoms with Crippen molar-refractivity contribution in [2.24, 2.45) is 0 Å². The number of nitriles is 1. The van der Waals surface area contributed by atoms with E-state index in [1.54, 1.807) is 24.3 Å². The van der Waals surface area contributed by atoms with Crippen molar-refractivity contribution in [1.82, 2.24) is 0 Å². The first kappa shape index (κ1) is 13.5. The summed E-state index contributed by atoms with van der Waals surface area (Å²) in [5, 5.41) is 13.7. The molecular weight excluding hydrogens is 264 g/mol. The number of carbonyl (C=O) groups is 1. The number of carbonyl (C=O) groups excluding carboxylic acids is 1. The first-order valence-electron chi connectivity index (χ1n) is 5.62. The number of hydrogen-bond donors (Lipinski definition) is 2. The van der Waals surface area contributed by atoms with Crippen LogP contribution in [0.3, 0.4) is 0 Å². The van der Waals surface area contributed by atoms with Crippen LogP contribution in [0.4, 0.5) is 25.0 Å². The summed E-state index contributed by atoms with van der Waals surface area (Å²) < 4.78 is 25.7. The summed E-state index contributed by atoms with van der Waals surface area (Å²) in [5.41, 5.74) is 0.735. The average Bonchev–Trinajstić information content (AvgIpc) is 2.43. The fourth-order valence-corrected chi connectivity index (χ4v) is 1.55. The number of anilines is 2. The highest BCUT2D eigenvalue weighted by Crippen LogP contribution is 2.16. The van der Waals surface area contributed by atoms with Gasteiger partial charge in [-0.3, -0.25) is 0 Å². The summed E-state index contributed by atoms with van der Waals surface area (Å²) in [6.45, 7) is 0. The highest BCUT2D eigenvalue weighted by atomic mass is 19.2. The van der Waals surface area contributed by atoms with E-state index in [-0.39, 0.29) is 5.69 Å². The Morgan fingerprint density at radius 3 is 2.50 bits per heavy atom. The first-order valence-corrected chi connectivity index (χ1v) is 5.62. The quantitative estimate of drug-likeness (QED) is 0.879. The number of nitrogens with zero attached hydrogens (tertiary/aromatic N) is 1. The van der Waals surface area contributed by atoms with Gasteiger partial charge in [0.2, 0.25) is 0 Å². The van der Waals surface area contributed by atoms with Crippen LogP contribution >= 0.6 is 0 Å². The average molecular weight is 273 g/mol. The van der Waals surface area contributed by atoms with Crippen LogP contribution in [0, 0.1) is 23.0 Å². The highest BCUT2D eigenvalue weighted by Gasteiger charge is 2.08. The van der Waals surface area contributed by atoms with Crippen molar-refractivity contribution in [2.45, 2.75) is 0 Å². The Morgan fingerprint density at radius 2 is 1.80 bits per heavy atom. The second kappa shape index (κ2) is 5.80. The molecule has 20 heavy (non-hydrogen) atoms. The number of halogens is 2. The molecule has 0 radical (unpaired) electrons. The third kappa shape index (κ3) is 3.09. The molecule has 2 amide bonds. The summed E-state index contributed by atoms with van der Waals surface area (Å²) in [6, 6.07) is 10.7. The molecule has 6 heteroatoms. The Kier molecular flexibility index (Phi) is 3.91. The zero-order valence-corrected chi connectivity index (χ0v) is 10.2. The zero-order valence-electron chi connectivity index (χ0n) is 10.2. The molecule has 0 bridgehead atoms. The largest absolute Gasteiger partial charge is 0.323 e. The Hall–Kier alpha value is -2.94. The second-order valence-corrected chi connectivity index (χ2v) is 3.87. The summed E-state index contributed by atoms with van der Waals surface area (Å²) in [6.07, 6.45) is 0. The van der Waals surface area contributed by atoms with Crippen LogP contribution in [0.5, 0.6) is 0 Å². The summed E-state index contributed by atoms with van der Waals surface area (Å²) in [5.74, 6) is -2.05. The zero-order chi connectivity index (χ0) is 14.5. The lowest BCUT2D eigenvalue weighted by Gasteiger charge is -2.08. The minimum absolute atomic E-state index is 0.107. The summed E-state index contributed by atoms with van der Waals surface area (Å²) in [4.78, 5) is 11.7. The van der Waals surface area contributed by atoms with Crippen molar-refractivity contribution in [3.63, 3.8) is 0 Å². The van der Waals surface area contributed by atoms with Crippen LogP contribution < -0.4 is 10.6 Å². The molecule has 2 aromatic rings. The molecule has 0 unspecified atom stereocenters. The number of benzene rings is 2. The van der Waals surface area contributed by atoms with Crippen molar-refractivity contribution >= 4 is 17.4 Å². The van der Waals surface area contributed by atoms with E-state index in [2.05, 4.69) is 10.6 Å². The van der Waals surface area contributed by atoms with Crippen molar-refractivity contribution in [3.8, 4) is 6.07 Å². The monoisotopic (exact) mass is 273 g/mol. The standard InChI is InChI=1S/C14H9F2N3O/c15-11-6-5-10(7-12(11)16)18-14(20)19-13-4-2-1-3-9(13)8-17/h1-7H,(H2,18,19,20). The molecule has 4 nitrogen and oxygen atoms in total. The molecule has 2 aromatic carbocycles. The molecule has 0 saturated heterocycles. The Bertz CT molecular complexity index is 695. The van der Waals surface area contributed by atoms with E-state index in [1.165, 1.54) is 6.07 Å². The van der Waals surface area contributed by atoms with Gasteiger partial charge in [-0.25, -0.2) is 13.6 Å². The molecule has 0 aromatic heterocycles. The van der Waals surface area contributed by atoms with E-state index >= 15 is 0 Å². The van der Waals surface area contributed by atoms with E-state index in [1.807, 2.05) is 6.07 Å². The summed E-state index contributed by atoms with van der Waals surface area (Å²) >= 11 is 0. The van der Waals surface area contributed by atoms with Gasteiger partial charge in [-0.1, -0.05) is 12.1 Å². The molecule has 100 valence electrons. The molecule has 0 aliphatic carbocycles. The van der Waals surface area contributed by atoms with Crippen LogP contribution in [0.15, 0.2) is 42.5 Å². The van der Waals surface area contributed by atoms with Gasteiger partial charge in [-0.2, -0.15) is 5.26 Å². The maximum Gasteiger partial charge on any atom is 0.323 e. The van der Waals surface area contributed by atoms with E-state index < -0.39 is 17.7 Å². The number of para-hydroxylation sites is 1. The van der Waals surface area contributed by atoms with Crippen LogP contribution in [-0.2, 0) is 0 Å². The third-order valence-corrected chi connectivity index (χ3v) is 2.47. The van der Waals surface area contributed by atoms with Crippen LogP contribution in [0.1, 0.15) is 5.56 Å². The predicted octanol–water partition coefficient (Wildman–Crippen LogP) is 3.48. The normalized spacial score (nSPS) is 9.65. The van der Waals surface area contributed by atoms with Crippen LogP contribution in [0.2, 0.25) is 0 Å². The van der Waals surface area contributed by atoms with Crippen molar-refractivity contribution < 1.29 is 13.6 Å². The Labute approximate surface area is 113 Å². The molecule has 0 spiro atoms. The van der Waals surface area contributed by atoms with Crippen LogP contribution in [0.25, 0.3) is 0 Å². The fourth-order valence-electron chi connectivity index (χ4n) is 1.55. The first-order chi connectivity index (χ1) is 9.60. The number of rotatable bonds is 2. The molecule has 0 saturated carbocycles. The molecule has 0 aliphatic rings. The number of hydrogen-bond acceptors (Lipinski definition) is 2. The molecule has 0 aliphatic heterocycles. The van der Waals surface area contributed by atoms with E-state index in [4.69, 9.17) is 5.26 Å². The minimum Gasteiger partial charge on any atom is -0.308 e. The van der Waals surface area contributed by atoms with Gasteiger partial charge in [0, 0.05) is 11.8 Å². The fraction of sp³-hybridized carbons (Fsp3) is 0. The molecular formula is C14H9F2N3O. The number of amides is 2. The molecule has 0 heterocycles. The van der Waals surface area contributed by atoms with Gasteiger partial charge in [-0.15, -0.1) is 0 Å². The molecule has 2 rings (SSSR count). The van der Waals surface area contributed by atoms with Crippen LogP contribution in [-0.4, -0.2) is 6.03 Å². The van der Waals surface area contributed by atoms with Gasteiger partial charge < -0.3 is 10.6 Å². The van der Waals surface area contributed by atoms with Crippen molar-refractivity contribution in [2.75, 3.05) is 10.6 Å². The van der Waals surface area contributed by atoms with Gasteiger partial charge in [0.25, 0.3) is 0 Å². The van der Waals surface area contributed by atoms with Gasteiger partial charge in [-0.05, 0) is 24.3 Å². The van der Waals surface area contributed by atoms with E-state index in [9.17, 15) is 13.6 Å². The topological polar surface area (TPSA) is 64.9 Å². The lowest BCUT2D eigenvalue weighted by molar-refractivity contribution is 0.262. The minimum atomic E-state index is -1.06. The second-order valence-electron chi connectivity index (χ2n) is 3.87. The van der Waals surface area contributed by atoms with E-state index in [0.29, 0.717) is 11.3 Å². The summed E-state index contributed by atoms with van der Waals surface area (Å²) in [7, 11) is 0.